The number of benzene rings is 1. The van der Waals surface area contributed by atoms with Crippen LogP contribution in [0.25, 0.3) is 0 Å². The summed E-state index contributed by atoms with van der Waals surface area (Å²) in [5.41, 5.74) is 3.69. The van der Waals surface area contributed by atoms with Crippen molar-refractivity contribution >= 4 is 11.8 Å². The van der Waals surface area contributed by atoms with Crippen LogP contribution >= 0.6 is 0 Å². The van der Waals surface area contributed by atoms with Crippen LogP contribution in [0.1, 0.15) is 33.5 Å². The maximum atomic E-state index is 12.5. The molecular formula is C15H21NO3. The lowest BCUT2D eigenvalue weighted by Gasteiger charge is -2.17. The summed E-state index contributed by atoms with van der Waals surface area (Å²) in [6.07, 6.45) is 0.0403. The number of esters is 1. The SMILES string of the molecule is CNC(CC(=O)OC)C(=O)c1c(C)cc(C)cc1C. The third-order valence-corrected chi connectivity index (χ3v) is 3.19. The molecule has 0 heterocycles. The van der Waals surface area contributed by atoms with Crippen molar-refractivity contribution in [3.8, 4) is 0 Å². The molecule has 4 nitrogen and oxygen atoms in total. The molecule has 0 saturated heterocycles. The molecule has 1 aromatic rings. The van der Waals surface area contributed by atoms with Crippen LogP contribution < -0.4 is 5.32 Å². The predicted molar refractivity (Wildman–Crippen MR) is 74.5 cm³/mol. The molecule has 1 atom stereocenters. The number of ether oxygens (including phenoxy) is 1. The Kier molecular flexibility index (Phi) is 5.24. The molecule has 0 aliphatic rings. The number of ketones is 1. The van der Waals surface area contributed by atoms with Crippen molar-refractivity contribution in [3.05, 3.63) is 34.4 Å². The molecule has 19 heavy (non-hydrogen) atoms. The summed E-state index contributed by atoms with van der Waals surface area (Å²) in [5.74, 6) is -0.460. The van der Waals surface area contributed by atoms with E-state index in [2.05, 4.69) is 10.1 Å². The van der Waals surface area contributed by atoms with Crippen LogP contribution in [0, 0.1) is 20.8 Å². The molecule has 1 unspecified atom stereocenters. The molecule has 104 valence electrons. The number of likely N-dealkylation sites (N-methyl/N-ethyl adjacent to an activating group) is 1. The van der Waals surface area contributed by atoms with E-state index < -0.39 is 12.0 Å². The Morgan fingerprint density at radius 3 is 2.16 bits per heavy atom. The molecule has 1 rings (SSSR count). The molecule has 0 aliphatic heterocycles. The highest BCUT2D eigenvalue weighted by molar-refractivity contribution is 6.04. The molecule has 0 bridgehead atoms. The molecule has 0 radical (unpaired) electrons. The molecule has 0 aliphatic carbocycles. The summed E-state index contributed by atoms with van der Waals surface area (Å²) in [6.45, 7) is 5.83. The number of methoxy groups -OCH3 is 1. The third-order valence-electron chi connectivity index (χ3n) is 3.19. The lowest BCUT2D eigenvalue weighted by molar-refractivity contribution is -0.140. The largest absolute Gasteiger partial charge is 0.469 e. The molecule has 1 aromatic carbocycles. The standard InChI is InChI=1S/C15H21NO3/c1-9-6-10(2)14(11(3)7-9)15(18)12(16-4)8-13(17)19-5/h6-7,12,16H,8H2,1-5H3. The van der Waals surface area contributed by atoms with Crippen molar-refractivity contribution in [1.82, 2.24) is 5.32 Å². The van der Waals surface area contributed by atoms with Crippen LogP contribution in [-0.2, 0) is 9.53 Å². The van der Waals surface area contributed by atoms with Gasteiger partial charge in [0, 0.05) is 5.56 Å². The first kappa shape index (κ1) is 15.4. The van der Waals surface area contributed by atoms with Gasteiger partial charge in [-0.3, -0.25) is 9.59 Å². The van der Waals surface area contributed by atoms with Crippen LogP contribution in [-0.4, -0.2) is 32.0 Å². The van der Waals surface area contributed by atoms with E-state index in [4.69, 9.17) is 0 Å². The van der Waals surface area contributed by atoms with Gasteiger partial charge in [-0.1, -0.05) is 17.7 Å². The average molecular weight is 263 g/mol. The Morgan fingerprint density at radius 2 is 1.74 bits per heavy atom. The first-order valence-corrected chi connectivity index (χ1v) is 6.26. The fourth-order valence-corrected chi connectivity index (χ4v) is 2.32. The smallest absolute Gasteiger partial charge is 0.307 e. The van der Waals surface area contributed by atoms with E-state index in [1.807, 2.05) is 32.9 Å². The van der Waals surface area contributed by atoms with E-state index in [1.165, 1.54) is 7.11 Å². The van der Waals surface area contributed by atoms with E-state index in [1.54, 1.807) is 7.05 Å². The number of aryl methyl sites for hydroxylation is 3. The van der Waals surface area contributed by atoms with Crippen LogP contribution in [0.2, 0.25) is 0 Å². The Morgan fingerprint density at radius 1 is 1.21 bits per heavy atom. The highest BCUT2D eigenvalue weighted by Gasteiger charge is 2.24. The summed E-state index contributed by atoms with van der Waals surface area (Å²) in [6, 6.07) is 3.41. The number of rotatable bonds is 5. The Labute approximate surface area is 114 Å². The van der Waals surface area contributed by atoms with Crippen LogP contribution in [0.15, 0.2) is 12.1 Å². The molecular weight excluding hydrogens is 242 g/mol. The Bertz CT molecular complexity index is 471. The van der Waals surface area contributed by atoms with Gasteiger partial charge >= 0.3 is 5.97 Å². The fourth-order valence-electron chi connectivity index (χ4n) is 2.32. The second kappa shape index (κ2) is 6.48. The molecule has 1 N–H and O–H groups in total. The van der Waals surface area contributed by atoms with Gasteiger partial charge in [-0.05, 0) is 38.9 Å². The van der Waals surface area contributed by atoms with Crippen LogP contribution in [0.5, 0.6) is 0 Å². The first-order chi connectivity index (χ1) is 8.90. The van der Waals surface area contributed by atoms with Crippen LogP contribution in [0.4, 0.5) is 0 Å². The Hall–Kier alpha value is -1.68. The van der Waals surface area contributed by atoms with Crippen molar-refractivity contribution < 1.29 is 14.3 Å². The van der Waals surface area contributed by atoms with Gasteiger partial charge in [0.2, 0.25) is 0 Å². The average Bonchev–Trinajstić information content (AvgIpc) is 2.33. The zero-order chi connectivity index (χ0) is 14.6. The van der Waals surface area contributed by atoms with Gasteiger partial charge in [-0.2, -0.15) is 0 Å². The quantitative estimate of drug-likeness (QED) is 0.651. The van der Waals surface area contributed by atoms with E-state index in [9.17, 15) is 9.59 Å². The van der Waals surface area contributed by atoms with Crippen molar-refractivity contribution in [1.29, 1.82) is 0 Å². The lowest BCUT2D eigenvalue weighted by Crippen LogP contribution is -2.37. The summed E-state index contributed by atoms with van der Waals surface area (Å²) in [7, 11) is 2.99. The highest BCUT2D eigenvalue weighted by atomic mass is 16.5. The Balaban J connectivity index is 3.07. The third kappa shape index (κ3) is 3.64. The molecule has 4 heteroatoms. The van der Waals surface area contributed by atoms with Gasteiger partial charge in [-0.25, -0.2) is 0 Å². The minimum atomic E-state index is -0.549. The number of Topliss-reactive ketones (excluding diaryl/α,β-unsaturated/α-hetero) is 1. The normalized spacial score (nSPS) is 12.1. The van der Waals surface area contributed by atoms with Crippen molar-refractivity contribution in [2.45, 2.75) is 33.2 Å². The van der Waals surface area contributed by atoms with E-state index >= 15 is 0 Å². The monoisotopic (exact) mass is 263 g/mol. The van der Waals surface area contributed by atoms with Gasteiger partial charge in [0.15, 0.2) is 5.78 Å². The number of carbonyl (C=O) groups is 2. The minimum Gasteiger partial charge on any atom is -0.469 e. The molecule has 0 amide bonds. The van der Waals surface area contributed by atoms with Crippen LogP contribution in [0.3, 0.4) is 0 Å². The number of hydrogen-bond acceptors (Lipinski definition) is 4. The maximum absolute atomic E-state index is 12.5. The zero-order valence-electron chi connectivity index (χ0n) is 12.2. The van der Waals surface area contributed by atoms with Gasteiger partial charge in [0.25, 0.3) is 0 Å². The maximum Gasteiger partial charge on any atom is 0.307 e. The highest BCUT2D eigenvalue weighted by Crippen LogP contribution is 2.19. The van der Waals surface area contributed by atoms with E-state index in [0.29, 0.717) is 5.56 Å². The predicted octanol–water partition coefficient (Wildman–Crippen LogP) is 1.95. The van der Waals surface area contributed by atoms with Crippen molar-refractivity contribution in [3.63, 3.8) is 0 Å². The second-order valence-electron chi connectivity index (χ2n) is 4.76. The fraction of sp³-hybridized carbons (Fsp3) is 0.467. The first-order valence-electron chi connectivity index (χ1n) is 6.26. The lowest BCUT2D eigenvalue weighted by atomic mass is 9.92. The second-order valence-corrected chi connectivity index (χ2v) is 4.76. The molecule has 0 fully saturated rings. The topological polar surface area (TPSA) is 55.4 Å². The number of nitrogens with one attached hydrogen (secondary N) is 1. The van der Waals surface area contributed by atoms with Gasteiger partial charge in [0.05, 0.1) is 19.6 Å². The van der Waals surface area contributed by atoms with Crippen molar-refractivity contribution in [2.24, 2.45) is 0 Å². The van der Waals surface area contributed by atoms with Gasteiger partial charge in [0.1, 0.15) is 0 Å². The molecule has 0 saturated carbocycles. The van der Waals surface area contributed by atoms with E-state index in [-0.39, 0.29) is 12.2 Å². The van der Waals surface area contributed by atoms with Crippen molar-refractivity contribution in [2.75, 3.05) is 14.2 Å². The number of carbonyl (C=O) groups excluding carboxylic acids is 2. The molecule has 0 aromatic heterocycles. The van der Waals surface area contributed by atoms with Gasteiger partial charge in [-0.15, -0.1) is 0 Å². The summed E-state index contributed by atoms with van der Waals surface area (Å²) >= 11 is 0. The molecule has 0 spiro atoms. The minimum absolute atomic E-state index is 0.0403. The summed E-state index contributed by atoms with van der Waals surface area (Å²) in [5, 5.41) is 2.88. The van der Waals surface area contributed by atoms with E-state index in [0.717, 1.165) is 16.7 Å². The summed E-state index contributed by atoms with van der Waals surface area (Å²) < 4.78 is 4.62. The number of hydrogen-bond donors (Lipinski definition) is 1. The summed E-state index contributed by atoms with van der Waals surface area (Å²) in [4.78, 5) is 23.8. The zero-order valence-corrected chi connectivity index (χ0v) is 12.2. The van der Waals surface area contributed by atoms with Gasteiger partial charge < -0.3 is 10.1 Å².